The van der Waals surface area contributed by atoms with Crippen LogP contribution in [-0.2, 0) is 0 Å². The van der Waals surface area contributed by atoms with Gasteiger partial charge in [-0.05, 0) is 6.92 Å². The van der Waals surface area contributed by atoms with E-state index in [4.69, 9.17) is 11.6 Å². The van der Waals surface area contributed by atoms with Crippen LogP contribution in [0.2, 0.25) is 5.02 Å². The van der Waals surface area contributed by atoms with Crippen molar-refractivity contribution in [3.63, 3.8) is 0 Å². The second-order valence-corrected chi connectivity index (χ2v) is 4.60. The Morgan fingerprint density at radius 2 is 2.13 bits per heavy atom. The molecule has 0 aliphatic rings. The maximum Gasteiger partial charge on any atom is 0.293 e. The van der Waals surface area contributed by atoms with Crippen LogP contribution in [0, 0.1) is 6.92 Å². The molecule has 0 aliphatic carbocycles. The molecule has 0 spiro atoms. The number of anilines is 1. The maximum atomic E-state index is 11.3. The van der Waals surface area contributed by atoms with Gasteiger partial charge in [-0.1, -0.05) is 22.9 Å². The first-order chi connectivity index (χ1) is 7.00. The van der Waals surface area contributed by atoms with Crippen molar-refractivity contribution in [2.45, 2.75) is 6.92 Å². The Morgan fingerprint density at radius 1 is 1.47 bits per heavy atom. The van der Waals surface area contributed by atoms with Gasteiger partial charge in [0, 0.05) is 14.1 Å². The first-order valence-corrected chi connectivity index (χ1v) is 5.43. The van der Waals surface area contributed by atoms with Gasteiger partial charge in [0.05, 0.1) is 5.69 Å². The molecule has 0 saturated heterocycles. The molecule has 0 amide bonds. The van der Waals surface area contributed by atoms with E-state index in [0.717, 1.165) is 5.13 Å². The smallest absolute Gasteiger partial charge is 0.293 e. The Hall–Kier alpha value is -1.14. The largest absolute Gasteiger partial charge is 0.353 e. The molecule has 2 rings (SSSR count). The summed E-state index contributed by atoms with van der Waals surface area (Å²) in [6.45, 7) is 1.75. The summed E-state index contributed by atoms with van der Waals surface area (Å²) in [6.07, 6.45) is 0. The molecule has 0 N–H and O–H groups in total. The molecule has 0 saturated carbocycles. The van der Waals surface area contributed by atoms with Gasteiger partial charge in [-0.2, -0.15) is 4.98 Å². The van der Waals surface area contributed by atoms with Gasteiger partial charge >= 0.3 is 0 Å². The summed E-state index contributed by atoms with van der Waals surface area (Å²) in [5.74, 6) is 0. The van der Waals surface area contributed by atoms with Crippen molar-refractivity contribution in [1.82, 2.24) is 14.6 Å². The quantitative estimate of drug-likeness (QED) is 0.756. The lowest BCUT2D eigenvalue weighted by Crippen LogP contribution is -2.12. The van der Waals surface area contributed by atoms with E-state index in [2.05, 4.69) is 10.1 Å². The van der Waals surface area contributed by atoms with Crippen LogP contribution < -0.4 is 10.5 Å². The summed E-state index contributed by atoms with van der Waals surface area (Å²) in [7, 11) is 3.76. The van der Waals surface area contributed by atoms with Crippen molar-refractivity contribution in [3.8, 4) is 0 Å². The lowest BCUT2D eigenvalue weighted by atomic mass is 10.4. The van der Waals surface area contributed by atoms with Gasteiger partial charge in [0.15, 0.2) is 0 Å². The molecule has 15 heavy (non-hydrogen) atoms. The highest BCUT2D eigenvalue weighted by Crippen LogP contribution is 2.21. The van der Waals surface area contributed by atoms with E-state index >= 15 is 0 Å². The number of rotatable bonds is 1. The van der Waals surface area contributed by atoms with E-state index in [9.17, 15) is 4.79 Å². The van der Waals surface area contributed by atoms with Crippen molar-refractivity contribution in [3.05, 3.63) is 21.1 Å². The molecular weight excluding hydrogens is 236 g/mol. The molecule has 2 heterocycles. The number of hydrogen-bond donors (Lipinski definition) is 0. The Kier molecular flexibility index (Phi) is 2.40. The molecule has 2 aromatic rings. The van der Waals surface area contributed by atoms with Crippen LogP contribution in [0.1, 0.15) is 5.69 Å². The average Bonchev–Trinajstić information content (AvgIpc) is 2.58. The zero-order chi connectivity index (χ0) is 11.2. The van der Waals surface area contributed by atoms with Gasteiger partial charge in [0.2, 0.25) is 10.1 Å². The molecule has 2 aromatic heterocycles. The van der Waals surface area contributed by atoms with Gasteiger partial charge in [-0.25, -0.2) is 4.52 Å². The van der Waals surface area contributed by atoms with Crippen LogP contribution in [0.3, 0.4) is 0 Å². The molecule has 0 fully saturated rings. The predicted octanol–water partition coefficient (Wildman–Crippen LogP) is 1.18. The summed E-state index contributed by atoms with van der Waals surface area (Å²) in [5.41, 5.74) is 0.221. The molecule has 0 unspecified atom stereocenters. The molecule has 0 aromatic carbocycles. The molecule has 0 bridgehead atoms. The lowest BCUT2D eigenvalue weighted by Gasteiger charge is -2.04. The van der Waals surface area contributed by atoms with Crippen LogP contribution >= 0.6 is 22.9 Å². The van der Waals surface area contributed by atoms with Crippen molar-refractivity contribution in [2.75, 3.05) is 19.0 Å². The Bertz CT molecular complexity index is 574. The molecule has 7 heteroatoms. The molecular formula is C8H9ClN4OS. The van der Waals surface area contributed by atoms with E-state index in [1.165, 1.54) is 11.3 Å². The van der Waals surface area contributed by atoms with E-state index < -0.39 is 5.56 Å². The van der Waals surface area contributed by atoms with Gasteiger partial charge < -0.3 is 4.90 Å². The molecule has 0 radical (unpaired) electrons. The molecule has 0 atom stereocenters. The highest BCUT2D eigenvalue weighted by atomic mass is 35.5. The Labute approximate surface area is 94.9 Å². The van der Waals surface area contributed by atoms with Crippen molar-refractivity contribution < 1.29 is 0 Å². The zero-order valence-electron chi connectivity index (χ0n) is 8.48. The number of halogens is 1. The highest BCUT2D eigenvalue weighted by molar-refractivity contribution is 7.20. The predicted molar refractivity (Wildman–Crippen MR) is 61.2 cm³/mol. The van der Waals surface area contributed by atoms with Crippen molar-refractivity contribution in [2.24, 2.45) is 0 Å². The monoisotopic (exact) mass is 244 g/mol. The summed E-state index contributed by atoms with van der Waals surface area (Å²) in [5, 5.41) is 5.20. The fraction of sp³-hybridized carbons (Fsp3) is 0.375. The minimum absolute atomic E-state index is 0.128. The fourth-order valence-corrected chi connectivity index (χ4v) is 2.11. The average molecular weight is 245 g/mol. The summed E-state index contributed by atoms with van der Waals surface area (Å²) in [4.78, 5) is 17.6. The second-order valence-electron chi connectivity index (χ2n) is 3.29. The first-order valence-electron chi connectivity index (χ1n) is 4.24. The maximum absolute atomic E-state index is 11.3. The SMILES string of the molecule is Cc1c(Cl)c(=O)nc2sc(N(C)C)nn12. The lowest BCUT2D eigenvalue weighted by molar-refractivity contribution is 0.873. The molecule has 0 aliphatic heterocycles. The number of nitrogens with zero attached hydrogens (tertiary/aromatic N) is 4. The highest BCUT2D eigenvalue weighted by Gasteiger charge is 2.12. The van der Waals surface area contributed by atoms with Crippen LogP contribution in [-0.4, -0.2) is 28.7 Å². The summed E-state index contributed by atoms with van der Waals surface area (Å²) < 4.78 is 1.59. The third-order valence-electron chi connectivity index (χ3n) is 1.95. The van der Waals surface area contributed by atoms with Crippen molar-refractivity contribution in [1.29, 1.82) is 0 Å². The minimum atomic E-state index is -0.400. The van der Waals surface area contributed by atoms with Gasteiger partial charge in [0.1, 0.15) is 5.02 Å². The number of fused-ring (bicyclic) bond motifs is 1. The van der Waals surface area contributed by atoms with Crippen LogP contribution in [0.4, 0.5) is 5.13 Å². The third-order valence-corrected chi connectivity index (χ3v) is 3.46. The molecule has 5 nitrogen and oxygen atoms in total. The van der Waals surface area contributed by atoms with E-state index in [1.54, 1.807) is 11.4 Å². The zero-order valence-corrected chi connectivity index (χ0v) is 10.1. The summed E-state index contributed by atoms with van der Waals surface area (Å²) >= 11 is 7.15. The van der Waals surface area contributed by atoms with Crippen molar-refractivity contribution >= 4 is 33.0 Å². The Morgan fingerprint density at radius 3 is 2.73 bits per heavy atom. The first kappa shape index (κ1) is 10.4. The van der Waals surface area contributed by atoms with E-state index in [1.807, 2.05) is 19.0 Å². The second kappa shape index (κ2) is 3.46. The van der Waals surface area contributed by atoms with Crippen LogP contribution in [0.15, 0.2) is 4.79 Å². The van der Waals surface area contributed by atoms with Crippen LogP contribution in [0.25, 0.3) is 4.96 Å². The van der Waals surface area contributed by atoms with Gasteiger partial charge in [0.25, 0.3) is 5.56 Å². The van der Waals surface area contributed by atoms with E-state index in [-0.39, 0.29) is 5.02 Å². The number of hydrogen-bond acceptors (Lipinski definition) is 5. The standard InChI is InChI=1S/C8H9ClN4OS/c1-4-5(9)6(14)10-7-13(4)11-8(15-7)12(2)3/h1-3H3. The number of aromatic nitrogens is 3. The van der Waals surface area contributed by atoms with Gasteiger partial charge in [-0.3, -0.25) is 4.79 Å². The third kappa shape index (κ3) is 1.59. The topological polar surface area (TPSA) is 50.5 Å². The minimum Gasteiger partial charge on any atom is -0.353 e. The van der Waals surface area contributed by atoms with Gasteiger partial charge in [-0.15, -0.1) is 5.10 Å². The Balaban J connectivity index is 2.82. The normalized spacial score (nSPS) is 10.9. The fourth-order valence-electron chi connectivity index (χ4n) is 1.13. The number of aryl methyl sites for hydroxylation is 1. The van der Waals surface area contributed by atoms with E-state index in [0.29, 0.717) is 10.7 Å². The van der Waals surface area contributed by atoms with Crippen LogP contribution in [0.5, 0.6) is 0 Å². The molecule has 80 valence electrons. The summed E-state index contributed by atoms with van der Waals surface area (Å²) in [6, 6.07) is 0.